The molecule has 0 aromatic heterocycles. The molecule has 14 nitrogen and oxygen atoms in total. The fourth-order valence-corrected chi connectivity index (χ4v) is 5.07. The largest absolute Gasteiger partial charge is 0.399 e. The number of nitrogens with two attached hydrogens (primary N) is 5. The highest BCUT2D eigenvalue weighted by Crippen LogP contribution is 2.29. The van der Waals surface area contributed by atoms with Gasteiger partial charge in [-0.25, -0.2) is 0 Å². The van der Waals surface area contributed by atoms with Crippen molar-refractivity contribution < 1.29 is 34.3 Å². The summed E-state index contributed by atoms with van der Waals surface area (Å²) in [5, 5.41) is 38.1. The van der Waals surface area contributed by atoms with Crippen molar-refractivity contribution in [2.24, 2.45) is 22.9 Å². The van der Waals surface area contributed by atoms with Crippen molar-refractivity contribution in [3.05, 3.63) is 29.8 Å². The summed E-state index contributed by atoms with van der Waals surface area (Å²) in [6, 6.07) is 4.55. The summed E-state index contributed by atoms with van der Waals surface area (Å²) in [5.41, 5.74) is 30.8. The van der Waals surface area contributed by atoms with E-state index in [-0.39, 0.29) is 31.9 Å². The molecule has 1 aliphatic heterocycles. The molecular formula is C26H47N7O7. The molecule has 40 heavy (non-hydrogen) atoms. The van der Waals surface area contributed by atoms with Crippen LogP contribution in [0.5, 0.6) is 0 Å². The second kappa shape index (κ2) is 15.9. The molecule has 15 N–H and O–H groups in total. The Hall–Kier alpha value is -1.95. The maximum atomic E-state index is 12.9. The molecule has 1 amide bonds. The molecule has 10 atom stereocenters. The van der Waals surface area contributed by atoms with Gasteiger partial charge in [-0.3, -0.25) is 4.79 Å². The lowest BCUT2D eigenvalue weighted by molar-refractivity contribution is -0.289. The van der Waals surface area contributed by atoms with Crippen LogP contribution in [-0.2, 0) is 25.4 Å². The third-order valence-electron chi connectivity index (χ3n) is 7.38. The Morgan fingerprint density at radius 1 is 1.00 bits per heavy atom. The molecule has 1 aromatic carbocycles. The molecule has 3 rings (SSSR count). The highest BCUT2D eigenvalue weighted by molar-refractivity contribution is 5.79. The van der Waals surface area contributed by atoms with Gasteiger partial charge < -0.3 is 68.8 Å². The molecule has 228 valence electrons. The van der Waals surface area contributed by atoms with Crippen molar-refractivity contribution in [3.8, 4) is 0 Å². The minimum absolute atomic E-state index is 0.0732. The molecule has 14 heteroatoms. The topological polar surface area (TPSA) is 260 Å². The molecule has 1 aromatic rings. The van der Waals surface area contributed by atoms with E-state index in [2.05, 4.69) is 10.6 Å². The Morgan fingerprint density at radius 3 is 2.40 bits per heavy atom. The van der Waals surface area contributed by atoms with Crippen LogP contribution in [0.4, 0.5) is 5.69 Å². The van der Waals surface area contributed by atoms with Gasteiger partial charge in [0.1, 0.15) is 36.6 Å². The zero-order valence-corrected chi connectivity index (χ0v) is 22.8. The van der Waals surface area contributed by atoms with E-state index in [1.807, 2.05) is 0 Å². The van der Waals surface area contributed by atoms with Gasteiger partial charge in [0, 0.05) is 24.8 Å². The molecule has 0 spiro atoms. The Balaban J connectivity index is 1.67. The number of aliphatic hydroxyl groups is 3. The number of amides is 1. The van der Waals surface area contributed by atoms with Gasteiger partial charge in [0.25, 0.3) is 0 Å². The zero-order valence-electron chi connectivity index (χ0n) is 22.8. The van der Waals surface area contributed by atoms with E-state index in [1.54, 1.807) is 24.3 Å². The molecule has 0 bridgehead atoms. The van der Waals surface area contributed by atoms with Crippen LogP contribution in [0.15, 0.2) is 24.3 Å². The number of nitrogen functional groups attached to an aromatic ring is 1. The second-order valence-corrected chi connectivity index (χ2v) is 10.5. The number of anilines is 1. The summed E-state index contributed by atoms with van der Waals surface area (Å²) in [4.78, 5) is 12.9. The van der Waals surface area contributed by atoms with Gasteiger partial charge in [-0.15, -0.1) is 0 Å². The number of aliphatic hydroxyl groups excluding tert-OH is 3. The predicted molar refractivity (Wildman–Crippen MR) is 149 cm³/mol. The van der Waals surface area contributed by atoms with Gasteiger partial charge in [0.2, 0.25) is 5.91 Å². The monoisotopic (exact) mass is 569 g/mol. The van der Waals surface area contributed by atoms with Crippen molar-refractivity contribution in [2.75, 3.05) is 38.5 Å². The van der Waals surface area contributed by atoms with Crippen molar-refractivity contribution in [1.82, 2.24) is 10.6 Å². The van der Waals surface area contributed by atoms with E-state index in [0.717, 1.165) is 24.9 Å². The Kier molecular flexibility index (Phi) is 12.9. The third kappa shape index (κ3) is 8.77. The van der Waals surface area contributed by atoms with Crippen LogP contribution in [0.3, 0.4) is 0 Å². The molecular weight excluding hydrogens is 522 g/mol. The van der Waals surface area contributed by atoms with Crippen molar-refractivity contribution in [3.63, 3.8) is 0 Å². The fourth-order valence-electron chi connectivity index (χ4n) is 5.07. The van der Waals surface area contributed by atoms with Crippen LogP contribution in [0, 0.1) is 0 Å². The molecule has 2 fully saturated rings. The van der Waals surface area contributed by atoms with E-state index in [4.69, 9.17) is 42.9 Å². The Bertz CT molecular complexity index is 897. The summed E-state index contributed by atoms with van der Waals surface area (Å²) in [6.07, 6.45) is -5.63. The average Bonchev–Trinajstić information content (AvgIpc) is 2.93. The fraction of sp³-hybridized carbons (Fsp3) is 0.731. The molecule has 2 aliphatic rings. The van der Waals surface area contributed by atoms with Gasteiger partial charge in [-0.05, 0) is 50.0 Å². The lowest BCUT2D eigenvalue weighted by Crippen LogP contribution is -2.68. The normalized spacial score (nSPS) is 34.5. The molecule has 4 unspecified atom stereocenters. The molecule has 1 aliphatic carbocycles. The smallest absolute Gasteiger partial charge is 0.224 e. The number of benzene rings is 1. The van der Waals surface area contributed by atoms with Crippen molar-refractivity contribution in [2.45, 2.75) is 86.7 Å². The Morgan fingerprint density at radius 2 is 1.73 bits per heavy atom. The maximum Gasteiger partial charge on any atom is 0.224 e. The first-order valence-corrected chi connectivity index (χ1v) is 13.9. The molecule has 1 heterocycles. The molecule has 1 saturated heterocycles. The first-order chi connectivity index (χ1) is 19.2. The van der Waals surface area contributed by atoms with Gasteiger partial charge in [0.05, 0.1) is 25.1 Å². The van der Waals surface area contributed by atoms with E-state index >= 15 is 0 Å². The number of hydrogen-bond donors (Lipinski definition) is 10. The molecule has 0 radical (unpaired) electrons. The predicted octanol–water partition coefficient (Wildman–Crippen LogP) is -3.78. The van der Waals surface area contributed by atoms with Gasteiger partial charge in [-0.2, -0.15) is 0 Å². The quantitative estimate of drug-likeness (QED) is 0.0763. The van der Waals surface area contributed by atoms with Gasteiger partial charge in [-0.1, -0.05) is 12.1 Å². The number of nitrogens with one attached hydrogen (secondary N) is 2. The maximum absolute atomic E-state index is 12.9. The lowest BCUT2D eigenvalue weighted by atomic mass is 9.83. The number of ether oxygens (including phenoxy) is 3. The second-order valence-electron chi connectivity index (χ2n) is 10.5. The SMILES string of the molecule is NCCCCNCCOC1[C@@H](O)[C@@H](O[C@@H]2OC(CN)[C@H](O)[C@H](O)C2N)C(N)C[C@H]1NC(=O)Cc1ccc(N)cc1. The van der Waals surface area contributed by atoms with E-state index in [0.29, 0.717) is 18.8 Å². The summed E-state index contributed by atoms with van der Waals surface area (Å²) < 4.78 is 17.8. The first-order valence-electron chi connectivity index (χ1n) is 13.9. The Labute approximate surface area is 234 Å². The minimum Gasteiger partial charge on any atom is -0.399 e. The van der Waals surface area contributed by atoms with E-state index < -0.39 is 61.0 Å². The van der Waals surface area contributed by atoms with Crippen LogP contribution in [-0.4, -0.2) is 115 Å². The summed E-state index contributed by atoms with van der Waals surface area (Å²) in [6.45, 7) is 2.12. The summed E-state index contributed by atoms with van der Waals surface area (Å²) in [7, 11) is 0. The minimum atomic E-state index is -1.35. The third-order valence-corrected chi connectivity index (χ3v) is 7.38. The average molecular weight is 570 g/mol. The van der Waals surface area contributed by atoms with E-state index in [9.17, 15) is 20.1 Å². The highest BCUT2D eigenvalue weighted by Gasteiger charge is 2.49. The summed E-state index contributed by atoms with van der Waals surface area (Å²) >= 11 is 0. The van der Waals surface area contributed by atoms with Crippen LogP contribution in [0.2, 0.25) is 0 Å². The number of hydrogen-bond acceptors (Lipinski definition) is 13. The highest BCUT2D eigenvalue weighted by atomic mass is 16.7. The number of carbonyl (C=O) groups is 1. The van der Waals surface area contributed by atoms with E-state index in [1.165, 1.54) is 0 Å². The zero-order chi connectivity index (χ0) is 29.2. The lowest BCUT2D eigenvalue weighted by Gasteiger charge is -2.47. The van der Waals surface area contributed by atoms with Crippen LogP contribution < -0.4 is 39.3 Å². The number of rotatable bonds is 14. The van der Waals surface area contributed by atoms with Crippen molar-refractivity contribution >= 4 is 11.6 Å². The number of carbonyl (C=O) groups excluding carboxylic acids is 1. The van der Waals surface area contributed by atoms with Crippen LogP contribution >= 0.6 is 0 Å². The van der Waals surface area contributed by atoms with Gasteiger partial charge in [0.15, 0.2) is 6.29 Å². The van der Waals surface area contributed by atoms with Crippen LogP contribution in [0.25, 0.3) is 0 Å². The summed E-state index contributed by atoms with van der Waals surface area (Å²) in [5.74, 6) is -0.261. The molecule has 1 saturated carbocycles. The van der Waals surface area contributed by atoms with Crippen LogP contribution in [0.1, 0.15) is 24.8 Å². The number of unbranched alkanes of at least 4 members (excludes halogenated alkanes) is 1. The van der Waals surface area contributed by atoms with Crippen molar-refractivity contribution in [1.29, 1.82) is 0 Å². The first kappa shape index (κ1) is 32.6. The standard InChI is InChI=1S/C26H47N7O7/c27-7-1-2-8-32-9-10-38-25-17(33-19(34)11-14-3-5-15(29)6-4-14)12-16(30)24(23(25)37)40-26-20(31)22(36)21(35)18(13-28)39-26/h3-6,16-18,20-26,32,35-37H,1-2,7-13,27-31H2,(H,33,34)/t16?,17-,18?,20?,21+,22-,23+,24+,25?,26+/m1/s1. The van der Waals surface area contributed by atoms with Gasteiger partial charge >= 0.3 is 0 Å².